The van der Waals surface area contributed by atoms with Gasteiger partial charge in [0.1, 0.15) is 0 Å². The molecular formula is C12H23N3O. The number of rotatable bonds is 8. The molecule has 0 amide bonds. The Morgan fingerprint density at radius 2 is 1.94 bits per heavy atom. The van der Waals surface area contributed by atoms with Gasteiger partial charge in [0.2, 0.25) is 5.89 Å². The van der Waals surface area contributed by atoms with Gasteiger partial charge in [0.05, 0.1) is 6.54 Å². The highest BCUT2D eigenvalue weighted by molar-refractivity contribution is 4.86. The highest BCUT2D eigenvalue weighted by Crippen LogP contribution is 2.05. The van der Waals surface area contributed by atoms with E-state index in [1.54, 1.807) is 0 Å². The van der Waals surface area contributed by atoms with Gasteiger partial charge >= 0.3 is 0 Å². The molecule has 0 aliphatic heterocycles. The number of unbranched alkanes of at least 4 members (excludes halogenated alkanes) is 2. The van der Waals surface area contributed by atoms with Gasteiger partial charge in [0.25, 0.3) is 0 Å². The quantitative estimate of drug-likeness (QED) is 0.682. The molecule has 92 valence electrons. The Morgan fingerprint density at radius 1 is 1.19 bits per heavy atom. The molecule has 0 unspecified atom stereocenters. The van der Waals surface area contributed by atoms with Crippen molar-refractivity contribution < 1.29 is 4.52 Å². The summed E-state index contributed by atoms with van der Waals surface area (Å²) in [6.07, 6.45) is 5.66. The van der Waals surface area contributed by atoms with Crippen LogP contribution in [0.5, 0.6) is 0 Å². The maximum absolute atomic E-state index is 5.21. The molecule has 0 spiro atoms. The third-order valence-electron chi connectivity index (χ3n) is 2.56. The first kappa shape index (κ1) is 13.2. The third kappa shape index (κ3) is 4.75. The maximum Gasteiger partial charge on any atom is 0.240 e. The van der Waals surface area contributed by atoms with Crippen LogP contribution in [-0.4, -0.2) is 28.6 Å². The second kappa shape index (κ2) is 7.39. The van der Waals surface area contributed by atoms with Crippen molar-refractivity contribution >= 4 is 0 Å². The van der Waals surface area contributed by atoms with Crippen LogP contribution in [0.1, 0.15) is 51.2 Å². The van der Waals surface area contributed by atoms with Crippen molar-refractivity contribution in [3.8, 4) is 0 Å². The molecule has 1 aromatic rings. The summed E-state index contributed by atoms with van der Waals surface area (Å²) in [6, 6.07) is 0. The van der Waals surface area contributed by atoms with Crippen molar-refractivity contribution in [2.45, 2.75) is 52.5 Å². The van der Waals surface area contributed by atoms with Gasteiger partial charge in [-0.25, -0.2) is 0 Å². The van der Waals surface area contributed by atoms with E-state index in [0.29, 0.717) is 0 Å². The molecule has 0 atom stereocenters. The predicted octanol–water partition coefficient (Wildman–Crippen LogP) is 2.64. The molecule has 0 bridgehead atoms. The first-order valence-corrected chi connectivity index (χ1v) is 6.26. The van der Waals surface area contributed by atoms with Crippen LogP contribution in [0.4, 0.5) is 0 Å². The molecule has 0 N–H and O–H groups in total. The van der Waals surface area contributed by atoms with Gasteiger partial charge in [-0.15, -0.1) is 0 Å². The lowest BCUT2D eigenvalue weighted by Gasteiger charge is -2.12. The van der Waals surface area contributed by atoms with Crippen LogP contribution in [0.3, 0.4) is 0 Å². The van der Waals surface area contributed by atoms with Crippen molar-refractivity contribution in [2.75, 3.05) is 13.6 Å². The summed E-state index contributed by atoms with van der Waals surface area (Å²) in [5.74, 6) is 1.59. The van der Waals surface area contributed by atoms with Crippen molar-refractivity contribution in [1.82, 2.24) is 15.0 Å². The lowest BCUT2D eigenvalue weighted by molar-refractivity contribution is 0.263. The average molecular weight is 225 g/mol. The van der Waals surface area contributed by atoms with E-state index in [4.69, 9.17) is 4.52 Å². The maximum atomic E-state index is 5.21. The lowest BCUT2D eigenvalue weighted by Crippen LogP contribution is -2.19. The van der Waals surface area contributed by atoms with E-state index in [0.717, 1.165) is 37.6 Å². The molecule has 1 aromatic heterocycles. The predicted molar refractivity (Wildman–Crippen MR) is 64.2 cm³/mol. The molecule has 0 saturated carbocycles. The smallest absolute Gasteiger partial charge is 0.240 e. The molecule has 0 aromatic carbocycles. The van der Waals surface area contributed by atoms with Crippen LogP contribution in [0.2, 0.25) is 0 Å². The zero-order valence-electron chi connectivity index (χ0n) is 10.7. The zero-order chi connectivity index (χ0) is 11.8. The third-order valence-corrected chi connectivity index (χ3v) is 2.56. The molecule has 4 nitrogen and oxygen atoms in total. The largest absolute Gasteiger partial charge is 0.338 e. The number of hydrogen-bond acceptors (Lipinski definition) is 4. The van der Waals surface area contributed by atoms with Crippen LogP contribution in [-0.2, 0) is 13.0 Å². The van der Waals surface area contributed by atoms with Crippen LogP contribution in [0.25, 0.3) is 0 Å². The highest BCUT2D eigenvalue weighted by Gasteiger charge is 2.08. The Hall–Kier alpha value is -0.900. The molecule has 16 heavy (non-hydrogen) atoms. The van der Waals surface area contributed by atoms with Gasteiger partial charge in [-0.2, -0.15) is 4.98 Å². The van der Waals surface area contributed by atoms with Crippen LogP contribution in [0.15, 0.2) is 4.52 Å². The SMILES string of the molecule is CCCCc1noc(CN(C)CCCC)n1. The lowest BCUT2D eigenvalue weighted by atomic mass is 10.2. The molecule has 1 rings (SSSR count). The van der Waals surface area contributed by atoms with Gasteiger partial charge in [0, 0.05) is 6.42 Å². The number of nitrogens with zero attached hydrogens (tertiary/aromatic N) is 3. The second-order valence-corrected chi connectivity index (χ2v) is 4.30. The summed E-state index contributed by atoms with van der Waals surface area (Å²) in [7, 11) is 2.09. The van der Waals surface area contributed by atoms with E-state index in [9.17, 15) is 0 Å². The molecule has 0 radical (unpaired) electrons. The van der Waals surface area contributed by atoms with E-state index in [1.807, 2.05) is 0 Å². The second-order valence-electron chi connectivity index (χ2n) is 4.30. The van der Waals surface area contributed by atoms with Crippen LogP contribution >= 0.6 is 0 Å². The normalized spacial score (nSPS) is 11.2. The zero-order valence-corrected chi connectivity index (χ0v) is 10.7. The fraction of sp³-hybridized carbons (Fsp3) is 0.833. The average Bonchev–Trinajstić information content (AvgIpc) is 2.71. The summed E-state index contributed by atoms with van der Waals surface area (Å²) in [5.41, 5.74) is 0. The number of aromatic nitrogens is 2. The number of aryl methyl sites for hydroxylation is 1. The van der Waals surface area contributed by atoms with Gasteiger partial charge in [0.15, 0.2) is 5.82 Å². The minimum atomic E-state index is 0.740. The minimum Gasteiger partial charge on any atom is -0.338 e. The summed E-state index contributed by atoms with van der Waals surface area (Å²) in [5, 5.41) is 3.97. The Balaban J connectivity index is 2.33. The molecule has 1 heterocycles. The van der Waals surface area contributed by atoms with Crippen LogP contribution in [0, 0.1) is 0 Å². The monoisotopic (exact) mass is 225 g/mol. The Labute approximate surface area is 98.0 Å². The summed E-state index contributed by atoms with van der Waals surface area (Å²) in [6.45, 7) is 6.21. The molecule has 0 aliphatic carbocycles. The van der Waals surface area contributed by atoms with E-state index < -0.39 is 0 Å². The minimum absolute atomic E-state index is 0.740. The van der Waals surface area contributed by atoms with Crippen LogP contribution < -0.4 is 0 Å². The molecular weight excluding hydrogens is 202 g/mol. The molecule has 0 aliphatic rings. The Kier molecular flexibility index (Phi) is 6.08. The van der Waals surface area contributed by atoms with Crippen molar-refractivity contribution in [2.24, 2.45) is 0 Å². The fourth-order valence-corrected chi connectivity index (χ4v) is 1.53. The summed E-state index contributed by atoms with van der Waals surface area (Å²) in [4.78, 5) is 6.60. The van der Waals surface area contributed by atoms with Gasteiger partial charge < -0.3 is 4.52 Å². The Morgan fingerprint density at radius 3 is 2.62 bits per heavy atom. The molecule has 4 heteroatoms. The van der Waals surface area contributed by atoms with Gasteiger partial charge in [-0.1, -0.05) is 31.8 Å². The van der Waals surface area contributed by atoms with E-state index in [2.05, 4.69) is 35.9 Å². The van der Waals surface area contributed by atoms with E-state index >= 15 is 0 Å². The first-order valence-electron chi connectivity index (χ1n) is 6.26. The van der Waals surface area contributed by atoms with E-state index in [1.165, 1.54) is 19.3 Å². The van der Waals surface area contributed by atoms with Gasteiger partial charge in [-0.05, 0) is 26.4 Å². The Bertz CT molecular complexity index is 286. The number of hydrogen-bond donors (Lipinski definition) is 0. The summed E-state index contributed by atoms with van der Waals surface area (Å²) >= 11 is 0. The van der Waals surface area contributed by atoms with Crippen molar-refractivity contribution in [3.63, 3.8) is 0 Å². The van der Waals surface area contributed by atoms with E-state index in [-0.39, 0.29) is 0 Å². The fourth-order valence-electron chi connectivity index (χ4n) is 1.53. The highest BCUT2D eigenvalue weighted by atomic mass is 16.5. The first-order chi connectivity index (χ1) is 7.76. The standard InChI is InChI=1S/C12H23N3O/c1-4-6-8-11-13-12(16-14-11)10-15(3)9-7-5-2/h4-10H2,1-3H3. The van der Waals surface area contributed by atoms with Gasteiger partial charge in [-0.3, -0.25) is 4.90 Å². The van der Waals surface area contributed by atoms with Crippen molar-refractivity contribution in [3.05, 3.63) is 11.7 Å². The summed E-state index contributed by atoms with van der Waals surface area (Å²) < 4.78 is 5.21. The molecule has 0 saturated heterocycles. The molecule has 0 fully saturated rings. The topological polar surface area (TPSA) is 42.2 Å². The van der Waals surface area contributed by atoms with Crippen molar-refractivity contribution in [1.29, 1.82) is 0 Å².